The van der Waals surface area contributed by atoms with E-state index in [1.807, 2.05) is 18.2 Å². The molecule has 0 heterocycles. The number of nitrogens with one attached hydrogen (secondary N) is 1. The van der Waals surface area contributed by atoms with Crippen molar-refractivity contribution >= 4 is 5.97 Å². The summed E-state index contributed by atoms with van der Waals surface area (Å²) in [6.07, 6.45) is 3.09. The van der Waals surface area contributed by atoms with Crippen LogP contribution in [0.2, 0.25) is 0 Å². The number of hydrogen-bond donors (Lipinski definition) is 3. The van der Waals surface area contributed by atoms with Crippen molar-refractivity contribution in [2.45, 2.75) is 43.7 Å². The Morgan fingerprint density at radius 3 is 2.47 bits per heavy atom. The fourth-order valence-electron chi connectivity index (χ4n) is 2.58. The van der Waals surface area contributed by atoms with Crippen molar-refractivity contribution in [3.8, 4) is 0 Å². The first-order valence-electron chi connectivity index (χ1n) is 6.83. The van der Waals surface area contributed by atoms with Crippen LogP contribution in [0.3, 0.4) is 0 Å². The van der Waals surface area contributed by atoms with Crippen molar-refractivity contribution in [1.82, 2.24) is 5.32 Å². The Bertz CT molecular complexity index is 411. The molecule has 0 saturated heterocycles. The van der Waals surface area contributed by atoms with Gasteiger partial charge in [0.2, 0.25) is 0 Å². The Morgan fingerprint density at radius 1 is 1.26 bits per heavy atom. The maximum absolute atomic E-state index is 10.9. The molecule has 19 heavy (non-hydrogen) atoms. The molecule has 3 N–H and O–H groups in total. The van der Waals surface area contributed by atoms with Crippen LogP contribution >= 0.6 is 0 Å². The SMILES string of the molecule is O=C(O)C1(O)CCC(NCCc2ccccc2)CC1. The Morgan fingerprint density at radius 2 is 1.89 bits per heavy atom. The molecule has 1 aliphatic carbocycles. The predicted octanol–water partition coefficient (Wildman–Crippen LogP) is 1.58. The molecular weight excluding hydrogens is 242 g/mol. The highest BCUT2D eigenvalue weighted by molar-refractivity contribution is 5.77. The van der Waals surface area contributed by atoms with Crippen molar-refractivity contribution in [2.24, 2.45) is 0 Å². The van der Waals surface area contributed by atoms with Gasteiger partial charge in [-0.25, -0.2) is 4.79 Å². The third-order valence-electron chi connectivity index (χ3n) is 3.90. The van der Waals surface area contributed by atoms with Gasteiger partial charge in [0.05, 0.1) is 0 Å². The number of carbonyl (C=O) groups is 1. The third kappa shape index (κ3) is 3.78. The van der Waals surface area contributed by atoms with E-state index in [-0.39, 0.29) is 0 Å². The number of benzene rings is 1. The molecule has 0 aliphatic heterocycles. The van der Waals surface area contributed by atoms with Gasteiger partial charge in [0, 0.05) is 6.04 Å². The number of rotatable bonds is 5. The summed E-state index contributed by atoms with van der Waals surface area (Å²) < 4.78 is 0. The lowest BCUT2D eigenvalue weighted by atomic mass is 9.82. The number of aliphatic carboxylic acids is 1. The van der Waals surface area contributed by atoms with Gasteiger partial charge in [-0.15, -0.1) is 0 Å². The Labute approximate surface area is 113 Å². The van der Waals surface area contributed by atoms with Crippen molar-refractivity contribution in [3.63, 3.8) is 0 Å². The molecule has 0 atom stereocenters. The molecule has 104 valence electrons. The van der Waals surface area contributed by atoms with E-state index in [1.54, 1.807) is 0 Å². The minimum Gasteiger partial charge on any atom is -0.479 e. The molecule has 1 aliphatic rings. The average Bonchev–Trinajstić information content (AvgIpc) is 2.42. The lowest BCUT2D eigenvalue weighted by Gasteiger charge is -2.33. The van der Waals surface area contributed by atoms with Crippen LogP contribution in [0.4, 0.5) is 0 Å². The van der Waals surface area contributed by atoms with Crippen molar-refractivity contribution in [2.75, 3.05) is 6.54 Å². The van der Waals surface area contributed by atoms with Crippen molar-refractivity contribution < 1.29 is 15.0 Å². The van der Waals surface area contributed by atoms with E-state index in [1.165, 1.54) is 5.56 Å². The summed E-state index contributed by atoms with van der Waals surface area (Å²) in [7, 11) is 0. The Hall–Kier alpha value is -1.39. The lowest BCUT2D eigenvalue weighted by Crippen LogP contribution is -2.46. The molecular formula is C15H21NO3. The minimum absolute atomic E-state index is 0.323. The van der Waals surface area contributed by atoms with Gasteiger partial charge < -0.3 is 15.5 Å². The molecule has 0 amide bonds. The fourth-order valence-corrected chi connectivity index (χ4v) is 2.58. The highest BCUT2D eigenvalue weighted by Gasteiger charge is 2.39. The lowest BCUT2D eigenvalue weighted by molar-refractivity contribution is -0.162. The van der Waals surface area contributed by atoms with E-state index in [2.05, 4.69) is 17.4 Å². The second-order valence-electron chi connectivity index (χ2n) is 5.30. The second kappa shape index (κ2) is 6.17. The summed E-state index contributed by atoms with van der Waals surface area (Å²) in [5.74, 6) is -1.09. The molecule has 4 heteroatoms. The molecule has 0 unspecified atom stereocenters. The van der Waals surface area contributed by atoms with Crippen LogP contribution in [0, 0.1) is 0 Å². The molecule has 1 aromatic carbocycles. The Balaban J connectivity index is 1.70. The average molecular weight is 263 g/mol. The van der Waals surface area contributed by atoms with E-state index in [4.69, 9.17) is 5.11 Å². The van der Waals surface area contributed by atoms with E-state index < -0.39 is 11.6 Å². The molecule has 4 nitrogen and oxygen atoms in total. The molecule has 0 aromatic heterocycles. The fraction of sp³-hybridized carbons (Fsp3) is 0.533. The van der Waals surface area contributed by atoms with E-state index in [0.717, 1.165) is 25.8 Å². The number of aliphatic hydroxyl groups is 1. The van der Waals surface area contributed by atoms with Crippen molar-refractivity contribution in [1.29, 1.82) is 0 Å². The normalized spacial score (nSPS) is 27.1. The Kier molecular flexibility index (Phi) is 4.56. The van der Waals surface area contributed by atoms with Gasteiger partial charge >= 0.3 is 5.97 Å². The molecule has 1 aromatic rings. The smallest absolute Gasteiger partial charge is 0.335 e. The van der Waals surface area contributed by atoms with Gasteiger partial charge in [-0.3, -0.25) is 0 Å². The van der Waals surface area contributed by atoms with Gasteiger partial charge in [-0.05, 0) is 44.2 Å². The standard InChI is InChI=1S/C15H21NO3/c17-14(18)15(19)9-6-13(7-10-15)16-11-8-12-4-2-1-3-5-12/h1-5,13,16,19H,6-11H2,(H,17,18). The first-order valence-corrected chi connectivity index (χ1v) is 6.83. The van der Waals surface area contributed by atoms with Crippen LogP contribution in [0.15, 0.2) is 30.3 Å². The number of hydrogen-bond acceptors (Lipinski definition) is 3. The molecule has 1 fully saturated rings. The van der Waals surface area contributed by atoms with Crippen LogP contribution in [0.25, 0.3) is 0 Å². The first kappa shape index (κ1) is 14.0. The summed E-state index contributed by atoms with van der Waals surface area (Å²) >= 11 is 0. The highest BCUT2D eigenvalue weighted by atomic mass is 16.4. The van der Waals surface area contributed by atoms with Crippen LogP contribution in [-0.4, -0.2) is 34.4 Å². The number of carboxylic acids is 1. The van der Waals surface area contributed by atoms with Gasteiger partial charge in [0.15, 0.2) is 5.60 Å². The monoisotopic (exact) mass is 263 g/mol. The largest absolute Gasteiger partial charge is 0.479 e. The molecule has 0 spiro atoms. The summed E-state index contributed by atoms with van der Waals surface area (Å²) in [5.41, 5.74) is -0.203. The van der Waals surface area contributed by atoms with Crippen LogP contribution in [-0.2, 0) is 11.2 Å². The van der Waals surface area contributed by atoms with Crippen LogP contribution < -0.4 is 5.32 Å². The summed E-state index contributed by atoms with van der Waals surface area (Å²) in [6, 6.07) is 10.6. The summed E-state index contributed by atoms with van der Waals surface area (Å²) in [5, 5.41) is 22.2. The van der Waals surface area contributed by atoms with Crippen LogP contribution in [0.5, 0.6) is 0 Å². The molecule has 0 bridgehead atoms. The quantitative estimate of drug-likeness (QED) is 0.754. The summed E-state index contributed by atoms with van der Waals surface area (Å²) in [6.45, 7) is 0.889. The van der Waals surface area contributed by atoms with Gasteiger partial charge in [0.25, 0.3) is 0 Å². The van der Waals surface area contributed by atoms with Gasteiger partial charge in [-0.2, -0.15) is 0 Å². The molecule has 2 rings (SSSR count). The minimum atomic E-state index is -1.50. The topological polar surface area (TPSA) is 69.6 Å². The highest BCUT2D eigenvalue weighted by Crippen LogP contribution is 2.28. The van der Waals surface area contributed by atoms with E-state index >= 15 is 0 Å². The maximum atomic E-state index is 10.9. The zero-order valence-corrected chi connectivity index (χ0v) is 11.0. The van der Waals surface area contributed by atoms with E-state index in [0.29, 0.717) is 18.9 Å². The molecule has 0 radical (unpaired) electrons. The first-order chi connectivity index (χ1) is 9.10. The predicted molar refractivity (Wildman–Crippen MR) is 73.0 cm³/mol. The zero-order chi connectivity index (χ0) is 13.7. The molecule has 1 saturated carbocycles. The second-order valence-corrected chi connectivity index (χ2v) is 5.30. The van der Waals surface area contributed by atoms with E-state index in [9.17, 15) is 9.90 Å². The maximum Gasteiger partial charge on any atom is 0.335 e. The van der Waals surface area contributed by atoms with Gasteiger partial charge in [-0.1, -0.05) is 30.3 Å². The van der Waals surface area contributed by atoms with Crippen LogP contribution in [0.1, 0.15) is 31.2 Å². The van der Waals surface area contributed by atoms with Gasteiger partial charge in [0.1, 0.15) is 0 Å². The number of carboxylic acid groups (broad SMARTS) is 1. The third-order valence-corrected chi connectivity index (χ3v) is 3.90. The van der Waals surface area contributed by atoms with Crippen molar-refractivity contribution in [3.05, 3.63) is 35.9 Å². The summed E-state index contributed by atoms with van der Waals surface area (Å²) in [4.78, 5) is 10.9. The zero-order valence-electron chi connectivity index (χ0n) is 11.0.